The highest BCUT2D eigenvalue weighted by atomic mass is 35.5. The largest absolute Gasteiger partial charge is 0.352 e. The van der Waals surface area contributed by atoms with Gasteiger partial charge in [0.15, 0.2) is 0 Å². The van der Waals surface area contributed by atoms with Crippen LogP contribution in [0.1, 0.15) is 36.5 Å². The summed E-state index contributed by atoms with van der Waals surface area (Å²) in [5, 5.41) is 2.96. The van der Waals surface area contributed by atoms with Gasteiger partial charge < -0.3 is 5.32 Å². The molecule has 1 rings (SSSR count). The summed E-state index contributed by atoms with van der Waals surface area (Å²) in [4.78, 5) is 12.0. The van der Waals surface area contributed by atoms with Gasteiger partial charge in [-0.3, -0.25) is 4.79 Å². The molecule has 2 N–H and O–H groups in total. The van der Waals surface area contributed by atoms with Gasteiger partial charge in [-0.25, -0.2) is 13.1 Å². The number of unbranched alkanes of at least 4 members (excludes halogenated alkanes) is 2. The van der Waals surface area contributed by atoms with Crippen LogP contribution in [0.3, 0.4) is 0 Å². The van der Waals surface area contributed by atoms with Crippen LogP contribution in [0.4, 0.5) is 0 Å². The monoisotopic (exact) mass is 318 g/mol. The Morgan fingerprint density at radius 1 is 1.30 bits per heavy atom. The molecule has 20 heavy (non-hydrogen) atoms. The Morgan fingerprint density at radius 2 is 2.00 bits per heavy atom. The van der Waals surface area contributed by atoms with Crippen molar-refractivity contribution >= 4 is 27.5 Å². The van der Waals surface area contributed by atoms with E-state index in [4.69, 9.17) is 11.6 Å². The number of benzene rings is 1. The Kier molecular flexibility index (Phi) is 6.45. The van der Waals surface area contributed by atoms with Crippen molar-refractivity contribution in [3.8, 4) is 0 Å². The summed E-state index contributed by atoms with van der Waals surface area (Å²) in [6.45, 7) is 2.62. The minimum atomic E-state index is -3.59. The maximum atomic E-state index is 12.0. The fourth-order valence-electron chi connectivity index (χ4n) is 1.64. The van der Waals surface area contributed by atoms with E-state index in [0.29, 0.717) is 6.54 Å². The molecule has 0 spiro atoms. The number of sulfonamides is 1. The van der Waals surface area contributed by atoms with E-state index < -0.39 is 10.0 Å². The second-order valence-electron chi connectivity index (χ2n) is 4.31. The summed E-state index contributed by atoms with van der Waals surface area (Å²) in [6.07, 6.45) is 2.98. The molecule has 0 saturated heterocycles. The number of hydrogen-bond acceptors (Lipinski definition) is 3. The zero-order chi connectivity index (χ0) is 15.2. The number of carbonyl (C=O) groups excluding carboxylic acids is 1. The van der Waals surface area contributed by atoms with Gasteiger partial charge in [0.2, 0.25) is 10.0 Å². The van der Waals surface area contributed by atoms with Gasteiger partial charge in [0.05, 0.1) is 15.5 Å². The molecule has 0 bridgehead atoms. The van der Waals surface area contributed by atoms with E-state index in [1.54, 1.807) is 0 Å². The Hall–Kier alpha value is -1.11. The van der Waals surface area contributed by atoms with Gasteiger partial charge >= 0.3 is 0 Å². The molecule has 0 aliphatic rings. The molecule has 0 saturated carbocycles. The van der Waals surface area contributed by atoms with Gasteiger partial charge in [-0.05, 0) is 31.7 Å². The lowest BCUT2D eigenvalue weighted by Crippen LogP contribution is -2.25. The molecule has 5 nitrogen and oxygen atoms in total. The summed E-state index contributed by atoms with van der Waals surface area (Å²) >= 11 is 5.95. The molecule has 0 heterocycles. The van der Waals surface area contributed by atoms with Crippen molar-refractivity contribution in [2.24, 2.45) is 0 Å². The summed E-state index contributed by atoms with van der Waals surface area (Å²) < 4.78 is 25.6. The third-order valence-electron chi connectivity index (χ3n) is 2.83. The van der Waals surface area contributed by atoms with Crippen molar-refractivity contribution in [1.82, 2.24) is 10.0 Å². The standard InChI is InChI=1S/C13H19ClN2O3S/c1-3-4-5-8-16-13(17)11-9-10(6-7-12(11)14)20(18,19)15-2/h6-7,9,15H,3-5,8H2,1-2H3,(H,16,17). The molecule has 1 amide bonds. The number of nitrogens with one attached hydrogen (secondary N) is 2. The first-order valence-corrected chi connectivity index (χ1v) is 8.29. The van der Waals surface area contributed by atoms with Gasteiger partial charge in [0, 0.05) is 6.54 Å². The normalized spacial score (nSPS) is 11.3. The third-order valence-corrected chi connectivity index (χ3v) is 4.57. The lowest BCUT2D eigenvalue weighted by Gasteiger charge is -2.09. The number of halogens is 1. The Bertz CT molecular complexity index is 573. The highest BCUT2D eigenvalue weighted by Crippen LogP contribution is 2.20. The third kappa shape index (κ3) is 4.47. The van der Waals surface area contributed by atoms with Crippen LogP contribution in [0.5, 0.6) is 0 Å². The smallest absolute Gasteiger partial charge is 0.252 e. The molecule has 0 fully saturated rings. The number of hydrogen-bond donors (Lipinski definition) is 2. The van der Waals surface area contributed by atoms with Crippen LogP contribution in [0.15, 0.2) is 23.1 Å². The van der Waals surface area contributed by atoms with Crippen LogP contribution in [-0.4, -0.2) is 27.9 Å². The molecule has 0 radical (unpaired) electrons. The number of rotatable bonds is 7. The molecule has 7 heteroatoms. The summed E-state index contributed by atoms with van der Waals surface area (Å²) in [6, 6.07) is 4.05. The molecule has 1 aromatic carbocycles. The first kappa shape index (κ1) is 16.9. The van der Waals surface area contributed by atoms with Gasteiger partial charge in [-0.1, -0.05) is 31.4 Å². The average Bonchev–Trinajstić information content (AvgIpc) is 2.43. The van der Waals surface area contributed by atoms with Gasteiger partial charge in [-0.15, -0.1) is 0 Å². The predicted octanol–water partition coefficient (Wildman–Crippen LogP) is 2.17. The SMILES string of the molecule is CCCCCNC(=O)c1cc(S(=O)(=O)NC)ccc1Cl. The Labute approximate surface area is 124 Å². The van der Waals surface area contributed by atoms with Crippen LogP contribution in [0, 0.1) is 0 Å². The molecule has 1 aromatic rings. The summed E-state index contributed by atoms with van der Waals surface area (Å²) in [5.41, 5.74) is 0.166. The number of amides is 1. The van der Waals surface area contributed by atoms with Crippen LogP contribution in [-0.2, 0) is 10.0 Å². The van der Waals surface area contributed by atoms with Gasteiger partial charge in [-0.2, -0.15) is 0 Å². The molecule has 0 atom stereocenters. The van der Waals surface area contributed by atoms with E-state index >= 15 is 0 Å². The highest BCUT2D eigenvalue weighted by Gasteiger charge is 2.17. The van der Waals surface area contributed by atoms with Crippen LogP contribution < -0.4 is 10.0 Å². The second-order valence-corrected chi connectivity index (χ2v) is 6.61. The van der Waals surface area contributed by atoms with E-state index in [9.17, 15) is 13.2 Å². The van der Waals surface area contributed by atoms with Crippen LogP contribution >= 0.6 is 11.6 Å². The van der Waals surface area contributed by atoms with Crippen molar-refractivity contribution in [1.29, 1.82) is 0 Å². The van der Waals surface area contributed by atoms with Gasteiger partial charge in [0.25, 0.3) is 5.91 Å². The maximum Gasteiger partial charge on any atom is 0.252 e. The average molecular weight is 319 g/mol. The first-order chi connectivity index (χ1) is 9.42. The second kappa shape index (κ2) is 7.61. The van der Waals surface area contributed by atoms with Crippen molar-refractivity contribution in [3.63, 3.8) is 0 Å². The van der Waals surface area contributed by atoms with Crippen molar-refractivity contribution < 1.29 is 13.2 Å². The molecular weight excluding hydrogens is 300 g/mol. The topological polar surface area (TPSA) is 75.3 Å². The van der Waals surface area contributed by atoms with E-state index in [-0.39, 0.29) is 21.4 Å². The lowest BCUT2D eigenvalue weighted by molar-refractivity contribution is 0.0953. The first-order valence-electron chi connectivity index (χ1n) is 6.43. The molecule has 0 aliphatic heterocycles. The fourth-order valence-corrected chi connectivity index (χ4v) is 2.59. The van der Waals surface area contributed by atoms with E-state index in [1.165, 1.54) is 25.2 Å². The van der Waals surface area contributed by atoms with E-state index in [2.05, 4.69) is 17.0 Å². The molecule has 112 valence electrons. The van der Waals surface area contributed by atoms with E-state index in [1.807, 2.05) is 0 Å². The predicted molar refractivity (Wildman–Crippen MR) is 79.6 cm³/mol. The summed E-state index contributed by atoms with van der Waals surface area (Å²) in [7, 11) is -2.27. The van der Waals surface area contributed by atoms with Crippen molar-refractivity contribution in [2.75, 3.05) is 13.6 Å². The molecule has 0 aromatic heterocycles. The van der Waals surface area contributed by atoms with Crippen molar-refractivity contribution in [3.05, 3.63) is 28.8 Å². The fraction of sp³-hybridized carbons (Fsp3) is 0.462. The Morgan fingerprint density at radius 3 is 2.60 bits per heavy atom. The van der Waals surface area contributed by atoms with Crippen molar-refractivity contribution in [2.45, 2.75) is 31.1 Å². The maximum absolute atomic E-state index is 12.0. The molecular formula is C13H19ClN2O3S. The van der Waals surface area contributed by atoms with Crippen LogP contribution in [0.2, 0.25) is 5.02 Å². The minimum absolute atomic E-state index is 0.0168. The van der Waals surface area contributed by atoms with Gasteiger partial charge in [0.1, 0.15) is 0 Å². The number of carbonyl (C=O) groups is 1. The van der Waals surface area contributed by atoms with E-state index in [0.717, 1.165) is 19.3 Å². The quantitative estimate of drug-likeness (QED) is 0.757. The molecule has 0 aliphatic carbocycles. The summed E-state index contributed by atoms with van der Waals surface area (Å²) in [5.74, 6) is -0.362. The highest BCUT2D eigenvalue weighted by molar-refractivity contribution is 7.89. The zero-order valence-electron chi connectivity index (χ0n) is 11.6. The Balaban J connectivity index is 2.89. The molecule has 0 unspecified atom stereocenters. The van der Waals surface area contributed by atoms with Crippen LogP contribution in [0.25, 0.3) is 0 Å². The zero-order valence-corrected chi connectivity index (χ0v) is 13.1. The lowest BCUT2D eigenvalue weighted by atomic mass is 10.2. The minimum Gasteiger partial charge on any atom is -0.352 e.